The predicted molar refractivity (Wildman–Crippen MR) is 62.6 cm³/mol. The van der Waals surface area contributed by atoms with Crippen LogP contribution in [0.4, 0.5) is 5.82 Å². The molecule has 0 aromatic carbocycles. The molecule has 0 saturated carbocycles. The molecule has 0 saturated heterocycles. The molecule has 6 heteroatoms. The Hall–Kier alpha value is -2.24. The highest BCUT2D eigenvalue weighted by Gasteiger charge is 2.10. The zero-order valence-electron chi connectivity index (χ0n) is 9.29. The normalized spacial score (nSPS) is 12.3. The smallest absolute Gasteiger partial charge is 0.308 e. The van der Waals surface area contributed by atoms with Gasteiger partial charge in [-0.05, 0) is 12.1 Å². The third-order valence-corrected chi connectivity index (χ3v) is 2.34. The van der Waals surface area contributed by atoms with Gasteiger partial charge in [-0.25, -0.2) is 9.97 Å². The van der Waals surface area contributed by atoms with Gasteiger partial charge in [0.2, 0.25) is 0 Å². The van der Waals surface area contributed by atoms with Gasteiger partial charge < -0.3 is 10.4 Å². The van der Waals surface area contributed by atoms with Crippen molar-refractivity contribution in [3.8, 4) is 0 Å². The number of carboxylic acids is 1. The quantitative estimate of drug-likeness (QED) is 0.822. The number of carboxylic acid groups (broad SMARTS) is 1. The van der Waals surface area contributed by atoms with Gasteiger partial charge in [0.25, 0.3) is 0 Å². The molecule has 1 unspecified atom stereocenters. The summed E-state index contributed by atoms with van der Waals surface area (Å²) < 4.78 is 0. The molecule has 2 rings (SSSR count). The maximum Gasteiger partial charge on any atom is 0.308 e. The zero-order chi connectivity index (χ0) is 12.3. The number of fused-ring (bicyclic) bond motifs is 1. The van der Waals surface area contributed by atoms with Crippen LogP contribution in [0.3, 0.4) is 0 Å². The summed E-state index contributed by atoms with van der Waals surface area (Å²) in [6.45, 7) is 1.96. The molecule has 0 spiro atoms. The molecule has 0 aliphatic heterocycles. The molecule has 0 aliphatic rings. The number of carbonyl (C=O) groups is 1. The number of aromatic nitrogens is 3. The van der Waals surface area contributed by atoms with Crippen molar-refractivity contribution in [2.24, 2.45) is 5.92 Å². The molecule has 2 heterocycles. The van der Waals surface area contributed by atoms with Gasteiger partial charge in [-0.2, -0.15) is 0 Å². The standard InChI is InChI=1S/C11H12N4O2/c1-7(11(16)17)6-14-9-3-2-8-10(15-9)13-5-4-12-8/h2-5,7H,6H2,1H3,(H,16,17)(H,13,14,15). The molecule has 88 valence electrons. The summed E-state index contributed by atoms with van der Waals surface area (Å²) in [4.78, 5) is 23.1. The third-order valence-electron chi connectivity index (χ3n) is 2.34. The molecule has 0 radical (unpaired) electrons. The van der Waals surface area contributed by atoms with Gasteiger partial charge in [0, 0.05) is 18.9 Å². The Balaban J connectivity index is 2.12. The number of nitrogens with one attached hydrogen (secondary N) is 1. The van der Waals surface area contributed by atoms with Gasteiger partial charge in [-0.15, -0.1) is 0 Å². The molecule has 2 N–H and O–H groups in total. The highest BCUT2D eigenvalue weighted by Crippen LogP contribution is 2.10. The number of hydrogen-bond acceptors (Lipinski definition) is 5. The second-order valence-electron chi connectivity index (χ2n) is 3.72. The number of anilines is 1. The first-order valence-electron chi connectivity index (χ1n) is 5.21. The fourth-order valence-corrected chi connectivity index (χ4v) is 1.30. The van der Waals surface area contributed by atoms with Gasteiger partial charge in [0.15, 0.2) is 5.65 Å². The highest BCUT2D eigenvalue weighted by molar-refractivity contribution is 5.72. The Morgan fingerprint density at radius 1 is 1.41 bits per heavy atom. The van der Waals surface area contributed by atoms with E-state index in [4.69, 9.17) is 5.11 Å². The van der Waals surface area contributed by atoms with E-state index in [1.165, 1.54) is 0 Å². The molecule has 0 bridgehead atoms. The monoisotopic (exact) mass is 232 g/mol. The molecule has 0 amide bonds. The Morgan fingerprint density at radius 3 is 2.94 bits per heavy atom. The van der Waals surface area contributed by atoms with E-state index in [9.17, 15) is 4.79 Å². The number of nitrogens with zero attached hydrogens (tertiary/aromatic N) is 3. The van der Waals surface area contributed by atoms with Crippen molar-refractivity contribution < 1.29 is 9.90 Å². The summed E-state index contributed by atoms with van der Waals surface area (Å²) in [6.07, 6.45) is 3.17. The molecule has 0 fully saturated rings. The first-order valence-corrected chi connectivity index (χ1v) is 5.21. The minimum absolute atomic E-state index is 0.327. The van der Waals surface area contributed by atoms with Crippen molar-refractivity contribution in [2.75, 3.05) is 11.9 Å². The number of pyridine rings is 1. The second kappa shape index (κ2) is 4.73. The van der Waals surface area contributed by atoms with E-state index in [0.717, 1.165) is 0 Å². The molecule has 6 nitrogen and oxygen atoms in total. The van der Waals surface area contributed by atoms with Crippen molar-refractivity contribution in [1.29, 1.82) is 0 Å². The topological polar surface area (TPSA) is 88.0 Å². The third kappa shape index (κ3) is 2.66. The predicted octanol–water partition coefficient (Wildman–Crippen LogP) is 1.16. The lowest BCUT2D eigenvalue weighted by Crippen LogP contribution is -2.20. The Labute approximate surface area is 97.7 Å². The summed E-state index contributed by atoms with van der Waals surface area (Å²) in [6, 6.07) is 3.55. The van der Waals surface area contributed by atoms with E-state index in [1.54, 1.807) is 31.5 Å². The molecular weight excluding hydrogens is 220 g/mol. The fraction of sp³-hybridized carbons (Fsp3) is 0.273. The van der Waals surface area contributed by atoms with E-state index < -0.39 is 11.9 Å². The van der Waals surface area contributed by atoms with Crippen molar-refractivity contribution in [2.45, 2.75) is 6.92 Å². The lowest BCUT2D eigenvalue weighted by Gasteiger charge is -2.08. The van der Waals surface area contributed by atoms with Crippen molar-refractivity contribution in [1.82, 2.24) is 15.0 Å². The summed E-state index contributed by atoms with van der Waals surface area (Å²) in [7, 11) is 0. The highest BCUT2D eigenvalue weighted by atomic mass is 16.4. The van der Waals surface area contributed by atoms with Crippen molar-refractivity contribution >= 4 is 23.0 Å². The molecule has 2 aromatic heterocycles. The summed E-state index contributed by atoms with van der Waals surface area (Å²) in [5, 5.41) is 11.7. The van der Waals surface area contributed by atoms with Crippen LogP contribution < -0.4 is 5.32 Å². The maximum absolute atomic E-state index is 10.7. The van der Waals surface area contributed by atoms with Gasteiger partial charge in [-0.1, -0.05) is 6.92 Å². The van der Waals surface area contributed by atoms with E-state index in [1.807, 2.05) is 0 Å². The number of rotatable bonds is 4. The molecular formula is C11H12N4O2. The number of aliphatic carboxylic acids is 1. The molecule has 1 atom stereocenters. The van der Waals surface area contributed by atoms with Crippen LogP contribution in [0, 0.1) is 5.92 Å². The van der Waals surface area contributed by atoms with Gasteiger partial charge >= 0.3 is 5.97 Å². The van der Waals surface area contributed by atoms with E-state index in [-0.39, 0.29) is 0 Å². The average Bonchev–Trinajstić information content (AvgIpc) is 2.35. The van der Waals surface area contributed by atoms with Crippen LogP contribution in [0.25, 0.3) is 11.2 Å². The first-order chi connectivity index (χ1) is 8.16. The fourth-order valence-electron chi connectivity index (χ4n) is 1.30. The number of hydrogen-bond donors (Lipinski definition) is 2. The average molecular weight is 232 g/mol. The Kier molecular flexibility index (Phi) is 3.13. The molecule has 0 aliphatic carbocycles. The minimum atomic E-state index is -0.835. The Morgan fingerprint density at radius 2 is 2.18 bits per heavy atom. The van der Waals surface area contributed by atoms with E-state index >= 15 is 0 Å². The van der Waals surface area contributed by atoms with E-state index in [2.05, 4.69) is 20.3 Å². The summed E-state index contributed by atoms with van der Waals surface area (Å²) in [5.74, 6) is -0.696. The first kappa shape index (κ1) is 11.3. The minimum Gasteiger partial charge on any atom is -0.481 e. The van der Waals surface area contributed by atoms with Crippen LogP contribution in [0.2, 0.25) is 0 Å². The van der Waals surface area contributed by atoms with E-state index in [0.29, 0.717) is 23.5 Å². The molecule has 17 heavy (non-hydrogen) atoms. The van der Waals surface area contributed by atoms with Crippen molar-refractivity contribution in [3.05, 3.63) is 24.5 Å². The summed E-state index contributed by atoms with van der Waals surface area (Å²) in [5.41, 5.74) is 1.25. The lowest BCUT2D eigenvalue weighted by atomic mass is 10.2. The van der Waals surface area contributed by atoms with Crippen LogP contribution in [-0.2, 0) is 4.79 Å². The van der Waals surface area contributed by atoms with Gasteiger partial charge in [0.05, 0.1) is 5.92 Å². The van der Waals surface area contributed by atoms with Gasteiger partial charge in [-0.3, -0.25) is 9.78 Å². The SMILES string of the molecule is CC(CNc1ccc2nccnc2n1)C(=O)O. The van der Waals surface area contributed by atoms with Gasteiger partial charge in [0.1, 0.15) is 11.3 Å². The summed E-state index contributed by atoms with van der Waals surface area (Å²) >= 11 is 0. The Bertz CT molecular complexity index is 544. The van der Waals surface area contributed by atoms with Crippen molar-refractivity contribution in [3.63, 3.8) is 0 Å². The largest absolute Gasteiger partial charge is 0.481 e. The molecule has 2 aromatic rings. The maximum atomic E-state index is 10.7. The van der Waals surface area contributed by atoms with Crippen LogP contribution in [0.15, 0.2) is 24.5 Å². The lowest BCUT2D eigenvalue weighted by molar-refractivity contribution is -0.140. The van der Waals surface area contributed by atoms with Crippen LogP contribution in [0.5, 0.6) is 0 Å². The van der Waals surface area contributed by atoms with Crippen LogP contribution in [0.1, 0.15) is 6.92 Å². The van der Waals surface area contributed by atoms with Crippen LogP contribution in [-0.4, -0.2) is 32.6 Å². The second-order valence-corrected chi connectivity index (χ2v) is 3.72. The van der Waals surface area contributed by atoms with Crippen LogP contribution >= 0.6 is 0 Å². The zero-order valence-corrected chi connectivity index (χ0v) is 9.29.